The SMILES string of the molecule is C=C1C[C@@](C)(C(C)=O)C(C)C1C. The summed E-state index contributed by atoms with van der Waals surface area (Å²) in [6.45, 7) is 12.1. The van der Waals surface area contributed by atoms with Gasteiger partial charge < -0.3 is 0 Å². The first-order valence-electron chi connectivity index (χ1n) is 4.58. The summed E-state index contributed by atoms with van der Waals surface area (Å²) in [4.78, 5) is 11.4. The van der Waals surface area contributed by atoms with E-state index in [1.807, 2.05) is 0 Å². The van der Waals surface area contributed by atoms with Crippen LogP contribution in [0.25, 0.3) is 0 Å². The second kappa shape index (κ2) is 2.72. The molecule has 0 aromatic carbocycles. The standard InChI is InChI=1S/C11H18O/c1-7-6-11(5,10(4)12)9(3)8(7)2/h8-9H,1,6H2,2-5H3/t8?,9?,11-/m1/s1. The zero-order chi connectivity index (χ0) is 9.52. The Kier molecular flexibility index (Phi) is 2.15. The molecule has 3 atom stereocenters. The minimum Gasteiger partial charge on any atom is -0.299 e. The molecule has 0 heterocycles. The molecule has 0 amide bonds. The summed E-state index contributed by atoms with van der Waals surface area (Å²) >= 11 is 0. The molecule has 0 spiro atoms. The Morgan fingerprint density at radius 3 is 2.25 bits per heavy atom. The van der Waals surface area contributed by atoms with Gasteiger partial charge in [0.15, 0.2) is 0 Å². The summed E-state index contributed by atoms with van der Waals surface area (Å²) in [5, 5.41) is 0. The molecule has 0 aliphatic heterocycles. The van der Waals surface area contributed by atoms with Gasteiger partial charge in [-0.15, -0.1) is 0 Å². The molecule has 68 valence electrons. The normalized spacial score (nSPS) is 41.8. The maximum atomic E-state index is 11.4. The van der Waals surface area contributed by atoms with E-state index in [4.69, 9.17) is 0 Å². The van der Waals surface area contributed by atoms with Crippen molar-refractivity contribution < 1.29 is 4.79 Å². The molecular formula is C11H18O. The first-order valence-corrected chi connectivity index (χ1v) is 4.58. The Bertz CT molecular complexity index is 227. The van der Waals surface area contributed by atoms with Crippen molar-refractivity contribution in [3.05, 3.63) is 12.2 Å². The fraction of sp³-hybridized carbons (Fsp3) is 0.727. The Morgan fingerprint density at radius 1 is 1.58 bits per heavy atom. The van der Waals surface area contributed by atoms with E-state index in [9.17, 15) is 4.79 Å². The van der Waals surface area contributed by atoms with Crippen LogP contribution in [0, 0.1) is 17.3 Å². The van der Waals surface area contributed by atoms with E-state index in [0.717, 1.165) is 6.42 Å². The number of carbonyl (C=O) groups excluding carboxylic acids is 1. The summed E-state index contributed by atoms with van der Waals surface area (Å²) < 4.78 is 0. The van der Waals surface area contributed by atoms with E-state index >= 15 is 0 Å². The van der Waals surface area contributed by atoms with Crippen molar-refractivity contribution in [3.8, 4) is 0 Å². The van der Waals surface area contributed by atoms with Gasteiger partial charge in [0.05, 0.1) is 0 Å². The van der Waals surface area contributed by atoms with E-state index < -0.39 is 0 Å². The lowest BCUT2D eigenvalue weighted by atomic mass is 9.76. The van der Waals surface area contributed by atoms with Crippen LogP contribution in [0.2, 0.25) is 0 Å². The third kappa shape index (κ3) is 1.12. The molecule has 0 aromatic heterocycles. The summed E-state index contributed by atoms with van der Waals surface area (Å²) in [5.41, 5.74) is 1.09. The second-order valence-electron chi connectivity index (χ2n) is 4.39. The lowest BCUT2D eigenvalue weighted by Crippen LogP contribution is -2.29. The van der Waals surface area contributed by atoms with Gasteiger partial charge in [-0.2, -0.15) is 0 Å². The van der Waals surface area contributed by atoms with Gasteiger partial charge >= 0.3 is 0 Å². The number of rotatable bonds is 1. The lowest BCUT2D eigenvalue weighted by molar-refractivity contribution is -0.127. The smallest absolute Gasteiger partial charge is 0.136 e. The number of Topliss-reactive ketones (excluding diaryl/α,β-unsaturated/α-hetero) is 1. The van der Waals surface area contributed by atoms with Crippen molar-refractivity contribution in [1.29, 1.82) is 0 Å². The molecule has 1 saturated carbocycles. The Morgan fingerprint density at radius 2 is 2.08 bits per heavy atom. The van der Waals surface area contributed by atoms with Crippen LogP contribution in [0.1, 0.15) is 34.1 Å². The predicted octanol–water partition coefficient (Wildman–Crippen LogP) is 2.81. The van der Waals surface area contributed by atoms with Crippen molar-refractivity contribution in [3.63, 3.8) is 0 Å². The molecule has 0 saturated heterocycles. The van der Waals surface area contributed by atoms with Crippen LogP contribution in [0.5, 0.6) is 0 Å². The first-order chi connectivity index (χ1) is 5.39. The van der Waals surface area contributed by atoms with Crippen molar-refractivity contribution in [2.24, 2.45) is 17.3 Å². The van der Waals surface area contributed by atoms with Crippen LogP contribution < -0.4 is 0 Å². The fourth-order valence-electron chi connectivity index (χ4n) is 2.14. The number of hydrogen-bond donors (Lipinski definition) is 0. The predicted molar refractivity (Wildman–Crippen MR) is 50.9 cm³/mol. The quantitative estimate of drug-likeness (QED) is 0.547. The van der Waals surface area contributed by atoms with Gasteiger partial charge in [-0.3, -0.25) is 4.79 Å². The molecule has 1 aliphatic rings. The topological polar surface area (TPSA) is 17.1 Å². The van der Waals surface area contributed by atoms with Gasteiger partial charge in [-0.05, 0) is 25.2 Å². The summed E-state index contributed by atoms with van der Waals surface area (Å²) in [5.74, 6) is 1.25. The molecule has 1 nitrogen and oxygen atoms in total. The first kappa shape index (κ1) is 9.50. The van der Waals surface area contributed by atoms with Crippen LogP contribution >= 0.6 is 0 Å². The molecule has 1 rings (SSSR count). The molecule has 1 aliphatic carbocycles. The minimum atomic E-state index is -0.142. The molecule has 0 bridgehead atoms. The molecule has 2 unspecified atom stereocenters. The zero-order valence-electron chi connectivity index (χ0n) is 8.48. The van der Waals surface area contributed by atoms with Crippen LogP contribution in [-0.4, -0.2) is 5.78 Å². The number of ketones is 1. The van der Waals surface area contributed by atoms with Gasteiger partial charge in [0.2, 0.25) is 0 Å². The van der Waals surface area contributed by atoms with Gasteiger partial charge in [-0.1, -0.05) is 32.9 Å². The third-order valence-electron chi connectivity index (χ3n) is 3.80. The fourth-order valence-corrected chi connectivity index (χ4v) is 2.14. The average Bonchev–Trinajstić information content (AvgIpc) is 2.17. The number of hydrogen-bond acceptors (Lipinski definition) is 1. The van der Waals surface area contributed by atoms with Crippen molar-refractivity contribution in [1.82, 2.24) is 0 Å². The van der Waals surface area contributed by atoms with E-state index in [1.54, 1.807) is 6.92 Å². The van der Waals surface area contributed by atoms with Gasteiger partial charge in [0.25, 0.3) is 0 Å². The monoisotopic (exact) mass is 166 g/mol. The molecular weight excluding hydrogens is 148 g/mol. The Hall–Kier alpha value is -0.590. The Labute approximate surface area is 74.9 Å². The van der Waals surface area contributed by atoms with E-state index in [0.29, 0.717) is 17.6 Å². The third-order valence-corrected chi connectivity index (χ3v) is 3.80. The zero-order valence-corrected chi connectivity index (χ0v) is 8.48. The molecule has 0 radical (unpaired) electrons. The summed E-state index contributed by atoms with van der Waals surface area (Å²) in [7, 11) is 0. The summed E-state index contributed by atoms with van der Waals surface area (Å²) in [6.07, 6.45) is 0.880. The maximum Gasteiger partial charge on any atom is 0.136 e. The highest BCUT2D eigenvalue weighted by Gasteiger charge is 2.45. The highest BCUT2D eigenvalue weighted by Crippen LogP contribution is 2.49. The van der Waals surface area contributed by atoms with Crippen molar-refractivity contribution >= 4 is 5.78 Å². The van der Waals surface area contributed by atoms with Crippen LogP contribution in [0.4, 0.5) is 0 Å². The summed E-state index contributed by atoms with van der Waals surface area (Å²) in [6, 6.07) is 0. The highest BCUT2D eigenvalue weighted by molar-refractivity contribution is 5.83. The highest BCUT2D eigenvalue weighted by atomic mass is 16.1. The van der Waals surface area contributed by atoms with Crippen molar-refractivity contribution in [2.75, 3.05) is 0 Å². The van der Waals surface area contributed by atoms with Gasteiger partial charge in [0.1, 0.15) is 5.78 Å². The molecule has 0 aromatic rings. The van der Waals surface area contributed by atoms with Crippen molar-refractivity contribution in [2.45, 2.75) is 34.1 Å². The second-order valence-corrected chi connectivity index (χ2v) is 4.39. The maximum absolute atomic E-state index is 11.4. The molecule has 1 heteroatoms. The average molecular weight is 166 g/mol. The van der Waals surface area contributed by atoms with E-state index in [-0.39, 0.29) is 5.41 Å². The Balaban J connectivity index is 2.97. The van der Waals surface area contributed by atoms with E-state index in [1.165, 1.54) is 5.57 Å². The number of carbonyl (C=O) groups is 1. The van der Waals surface area contributed by atoms with Crippen LogP contribution in [0.3, 0.4) is 0 Å². The molecule has 1 fully saturated rings. The van der Waals surface area contributed by atoms with E-state index in [2.05, 4.69) is 27.4 Å². The molecule has 12 heavy (non-hydrogen) atoms. The van der Waals surface area contributed by atoms with Gasteiger partial charge in [-0.25, -0.2) is 0 Å². The largest absolute Gasteiger partial charge is 0.299 e. The van der Waals surface area contributed by atoms with Crippen LogP contribution in [-0.2, 0) is 4.79 Å². The van der Waals surface area contributed by atoms with Gasteiger partial charge in [0, 0.05) is 5.41 Å². The molecule has 0 N–H and O–H groups in total. The minimum absolute atomic E-state index is 0.142. The lowest BCUT2D eigenvalue weighted by Gasteiger charge is -2.26. The van der Waals surface area contributed by atoms with Crippen LogP contribution in [0.15, 0.2) is 12.2 Å². The number of allylic oxidation sites excluding steroid dienone is 1.